The first-order chi connectivity index (χ1) is 13.2. The monoisotopic (exact) mass is 358 g/mol. The highest BCUT2D eigenvalue weighted by molar-refractivity contribution is 6.09. The standard InChI is InChI=1S/C23H18O4/c1-26-19-14-11-17(12-15-19)13-16-21(24)20-9-5-6-10-22(20)27-23(25)18-7-3-2-4-8-18/h2-16H,1H3/b16-13+. The molecule has 3 rings (SSSR count). The Bertz CT molecular complexity index is 957. The number of allylic oxidation sites excluding steroid dienone is 1. The first kappa shape index (κ1) is 18.1. The van der Waals surface area contributed by atoms with Crippen molar-refractivity contribution in [1.82, 2.24) is 0 Å². The van der Waals surface area contributed by atoms with E-state index < -0.39 is 5.97 Å². The predicted octanol–water partition coefficient (Wildman–Crippen LogP) is 4.81. The van der Waals surface area contributed by atoms with E-state index in [1.807, 2.05) is 30.3 Å². The maximum absolute atomic E-state index is 12.6. The van der Waals surface area contributed by atoms with Gasteiger partial charge >= 0.3 is 5.97 Å². The van der Waals surface area contributed by atoms with Crippen molar-refractivity contribution in [2.45, 2.75) is 0 Å². The summed E-state index contributed by atoms with van der Waals surface area (Å²) in [5.74, 6) is 0.227. The molecule has 0 aliphatic carbocycles. The molecular formula is C23H18O4. The molecular weight excluding hydrogens is 340 g/mol. The predicted molar refractivity (Wildman–Crippen MR) is 104 cm³/mol. The van der Waals surface area contributed by atoms with Gasteiger partial charge in [-0.2, -0.15) is 0 Å². The Balaban J connectivity index is 1.77. The van der Waals surface area contributed by atoms with E-state index in [1.54, 1.807) is 61.7 Å². The number of ketones is 1. The van der Waals surface area contributed by atoms with E-state index in [2.05, 4.69) is 0 Å². The molecule has 0 amide bonds. The van der Waals surface area contributed by atoms with Crippen LogP contribution in [0.25, 0.3) is 6.08 Å². The zero-order valence-corrected chi connectivity index (χ0v) is 14.8. The van der Waals surface area contributed by atoms with E-state index in [0.29, 0.717) is 11.1 Å². The zero-order chi connectivity index (χ0) is 19.1. The second-order valence-corrected chi connectivity index (χ2v) is 5.72. The number of rotatable bonds is 6. The molecule has 0 aromatic heterocycles. The molecule has 0 saturated heterocycles. The maximum atomic E-state index is 12.6. The average molecular weight is 358 g/mol. The number of methoxy groups -OCH3 is 1. The second-order valence-electron chi connectivity index (χ2n) is 5.72. The quantitative estimate of drug-likeness (QED) is 0.275. The summed E-state index contributed by atoms with van der Waals surface area (Å²) in [7, 11) is 1.60. The van der Waals surface area contributed by atoms with Gasteiger partial charge in [-0.1, -0.05) is 48.5 Å². The minimum atomic E-state index is -0.505. The molecule has 0 radical (unpaired) electrons. The molecule has 4 nitrogen and oxygen atoms in total. The fraction of sp³-hybridized carbons (Fsp3) is 0.0435. The third kappa shape index (κ3) is 4.70. The molecule has 0 bridgehead atoms. The van der Waals surface area contributed by atoms with Crippen molar-refractivity contribution in [1.29, 1.82) is 0 Å². The number of ether oxygens (including phenoxy) is 2. The van der Waals surface area contributed by atoms with E-state index >= 15 is 0 Å². The van der Waals surface area contributed by atoms with Gasteiger partial charge in [0, 0.05) is 0 Å². The number of hydrogen-bond acceptors (Lipinski definition) is 4. The lowest BCUT2D eigenvalue weighted by atomic mass is 10.1. The number of carbonyl (C=O) groups excluding carboxylic acids is 2. The second kappa shape index (κ2) is 8.63. The molecule has 27 heavy (non-hydrogen) atoms. The smallest absolute Gasteiger partial charge is 0.343 e. The molecule has 134 valence electrons. The first-order valence-corrected chi connectivity index (χ1v) is 8.40. The van der Waals surface area contributed by atoms with Gasteiger partial charge in [0.1, 0.15) is 11.5 Å². The molecule has 0 heterocycles. The van der Waals surface area contributed by atoms with Crippen molar-refractivity contribution in [2.75, 3.05) is 7.11 Å². The van der Waals surface area contributed by atoms with Gasteiger partial charge in [0.15, 0.2) is 5.78 Å². The molecule has 0 aliphatic heterocycles. The van der Waals surface area contributed by atoms with Crippen molar-refractivity contribution >= 4 is 17.8 Å². The van der Waals surface area contributed by atoms with Crippen molar-refractivity contribution in [3.05, 3.63) is 102 Å². The summed E-state index contributed by atoms with van der Waals surface area (Å²) >= 11 is 0. The van der Waals surface area contributed by atoms with Crippen LogP contribution in [0, 0.1) is 0 Å². The highest BCUT2D eigenvalue weighted by Crippen LogP contribution is 2.21. The molecule has 0 aliphatic rings. The molecule has 0 saturated carbocycles. The SMILES string of the molecule is COc1ccc(/C=C/C(=O)c2ccccc2OC(=O)c2ccccc2)cc1. The van der Waals surface area contributed by atoms with E-state index in [0.717, 1.165) is 11.3 Å². The van der Waals surface area contributed by atoms with Crippen LogP contribution in [0.3, 0.4) is 0 Å². The number of para-hydroxylation sites is 1. The summed E-state index contributed by atoms with van der Waals surface area (Å²) in [4.78, 5) is 24.8. The van der Waals surface area contributed by atoms with Crippen LogP contribution in [0.2, 0.25) is 0 Å². The Morgan fingerprint density at radius 1 is 0.815 bits per heavy atom. The van der Waals surface area contributed by atoms with Crippen molar-refractivity contribution in [3.63, 3.8) is 0 Å². The van der Waals surface area contributed by atoms with Crippen molar-refractivity contribution < 1.29 is 19.1 Å². The molecule has 0 fully saturated rings. The van der Waals surface area contributed by atoms with Gasteiger partial charge in [0.25, 0.3) is 0 Å². The molecule has 3 aromatic rings. The minimum absolute atomic E-state index is 0.232. The molecule has 3 aromatic carbocycles. The minimum Gasteiger partial charge on any atom is -0.497 e. The molecule has 0 spiro atoms. The number of benzene rings is 3. The third-order valence-corrected chi connectivity index (χ3v) is 3.91. The fourth-order valence-corrected chi connectivity index (χ4v) is 2.47. The Morgan fingerprint density at radius 2 is 1.48 bits per heavy atom. The number of carbonyl (C=O) groups is 2. The van der Waals surface area contributed by atoms with Gasteiger partial charge in [-0.25, -0.2) is 4.79 Å². The van der Waals surface area contributed by atoms with Crippen LogP contribution in [0.4, 0.5) is 0 Å². The lowest BCUT2D eigenvalue weighted by Gasteiger charge is -2.08. The topological polar surface area (TPSA) is 52.6 Å². The molecule has 4 heteroatoms. The Kier molecular flexibility index (Phi) is 5.80. The Morgan fingerprint density at radius 3 is 2.19 bits per heavy atom. The summed E-state index contributed by atoms with van der Waals surface area (Å²) in [5.41, 5.74) is 1.61. The van der Waals surface area contributed by atoms with Gasteiger partial charge < -0.3 is 9.47 Å². The zero-order valence-electron chi connectivity index (χ0n) is 14.8. The van der Waals surface area contributed by atoms with Crippen molar-refractivity contribution in [3.8, 4) is 11.5 Å². The lowest BCUT2D eigenvalue weighted by Crippen LogP contribution is -2.10. The number of hydrogen-bond donors (Lipinski definition) is 0. The maximum Gasteiger partial charge on any atom is 0.343 e. The van der Waals surface area contributed by atoms with Crippen LogP contribution < -0.4 is 9.47 Å². The van der Waals surface area contributed by atoms with Crippen LogP contribution in [-0.4, -0.2) is 18.9 Å². The van der Waals surface area contributed by atoms with Crippen LogP contribution in [0.15, 0.2) is 84.9 Å². The highest BCUT2D eigenvalue weighted by atomic mass is 16.5. The van der Waals surface area contributed by atoms with Gasteiger partial charge in [0.05, 0.1) is 18.2 Å². The Hall–Kier alpha value is -3.66. The number of esters is 1. The summed E-state index contributed by atoms with van der Waals surface area (Å²) in [5, 5.41) is 0. The van der Waals surface area contributed by atoms with Crippen LogP contribution >= 0.6 is 0 Å². The van der Waals surface area contributed by atoms with E-state index in [1.165, 1.54) is 6.08 Å². The first-order valence-electron chi connectivity index (χ1n) is 8.40. The van der Waals surface area contributed by atoms with E-state index in [4.69, 9.17) is 9.47 Å². The van der Waals surface area contributed by atoms with Crippen LogP contribution in [0.1, 0.15) is 26.3 Å². The van der Waals surface area contributed by atoms with Gasteiger partial charge in [-0.05, 0) is 48.0 Å². The lowest BCUT2D eigenvalue weighted by molar-refractivity contribution is 0.0733. The van der Waals surface area contributed by atoms with E-state index in [-0.39, 0.29) is 11.5 Å². The average Bonchev–Trinajstić information content (AvgIpc) is 2.73. The molecule has 0 unspecified atom stereocenters. The normalized spacial score (nSPS) is 10.6. The van der Waals surface area contributed by atoms with Gasteiger partial charge in [0.2, 0.25) is 0 Å². The highest BCUT2D eigenvalue weighted by Gasteiger charge is 2.14. The van der Waals surface area contributed by atoms with Crippen LogP contribution in [0.5, 0.6) is 11.5 Å². The van der Waals surface area contributed by atoms with Crippen molar-refractivity contribution in [2.24, 2.45) is 0 Å². The fourth-order valence-electron chi connectivity index (χ4n) is 2.47. The van der Waals surface area contributed by atoms with E-state index in [9.17, 15) is 9.59 Å². The summed E-state index contributed by atoms with van der Waals surface area (Å²) < 4.78 is 10.5. The summed E-state index contributed by atoms with van der Waals surface area (Å²) in [6, 6.07) is 22.7. The van der Waals surface area contributed by atoms with Gasteiger partial charge in [-0.15, -0.1) is 0 Å². The Labute approximate surface area is 157 Å². The third-order valence-electron chi connectivity index (χ3n) is 3.91. The molecule has 0 atom stereocenters. The van der Waals surface area contributed by atoms with Gasteiger partial charge in [-0.3, -0.25) is 4.79 Å². The molecule has 0 N–H and O–H groups in total. The van der Waals surface area contributed by atoms with Crippen LogP contribution in [-0.2, 0) is 0 Å². The summed E-state index contributed by atoms with van der Waals surface area (Å²) in [6.07, 6.45) is 3.16. The summed E-state index contributed by atoms with van der Waals surface area (Å²) in [6.45, 7) is 0. The largest absolute Gasteiger partial charge is 0.497 e.